The van der Waals surface area contributed by atoms with Gasteiger partial charge in [0.1, 0.15) is 0 Å². The highest BCUT2D eigenvalue weighted by Gasteiger charge is 2.67. The molecule has 2 saturated carbocycles. The number of fused-ring (bicyclic) bond motifs is 3. The molecular weight excluding hydrogens is 508 g/mol. The third kappa shape index (κ3) is 4.79. The molecule has 0 radical (unpaired) electrons. The van der Waals surface area contributed by atoms with Crippen LogP contribution in [0.1, 0.15) is 74.5 Å². The Bertz CT molecular complexity index is 1100. The summed E-state index contributed by atoms with van der Waals surface area (Å²) in [5.74, 6) is 3.02. The second-order valence-corrected chi connectivity index (χ2v) is 14.1. The molecule has 6 aliphatic rings. The van der Waals surface area contributed by atoms with E-state index in [0.717, 1.165) is 101 Å². The fourth-order valence-corrected chi connectivity index (χ4v) is 9.12. The van der Waals surface area contributed by atoms with Crippen molar-refractivity contribution in [2.45, 2.75) is 82.3 Å². The fraction of sp³-hybridized carbons (Fsp3) is 0.750. The predicted octanol–water partition coefficient (Wildman–Crippen LogP) is 5.36. The first-order valence-electron chi connectivity index (χ1n) is 15.5. The maximum Gasteiger partial charge on any atom is 0.261 e. The number of ether oxygens (including phenoxy) is 3. The molecule has 2 saturated heterocycles. The van der Waals surface area contributed by atoms with Crippen molar-refractivity contribution in [3.8, 4) is 0 Å². The van der Waals surface area contributed by atoms with Gasteiger partial charge in [-0.3, -0.25) is 9.69 Å². The molecule has 0 aromatic heterocycles. The van der Waals surface area contributed by atoms with E-state index in [9.17, 15) is 4.79 Å². The number of aliphatic imine (C=N–C) groups is 1. The average molecular weight is 553 g/mol. The van der Waals surface area contributed by atoms with Crippen molar-refractivity contribution in [3.05, 3.63) is 34.9 Å². The molecule has 4 fully saturated rings. The van der Waals surface area contributed by atoms with Crippen LogP contribution in [-0.4, -0.2) is 67.9 Å². The zero-order valence-corrected chi connectivity index (χ0v) is 24.3. The van der Waals surface area contributed by atoms with Crippen LogP contribution in [0.3, 0.4) is 0 Å². The van der Waals surface area contributed by atoms with Crippen molar-refractivity contribution in [1.29, 1.82) is 0 Å². The van der Waals surface area contributed by atoms with Crippen LogP contribution in [0.4, 0.5) is 0 Å². The van der Waals surface area contributed by atoms with Crippen molar-refractivity contribution in [2.75, 3.05) is 45.8 Å². The monoisotopic (exact) mass is 552 g/mol. The number of carbonyl (C=O) groups excluding carboxylic acids is 1. The number of hydrogen-bond donors (Lipinski definition) is 0. The molecule has 3 aliphatic heterocycles. The SMILES string of the molecule is COC1CCC2(CC1)Cc1ccc(CCC3CC3)cc1C21N=C(SCC2CCOC2)N(CC2CCOC2)C1=O. The van der Waals surface area contributed by atoms with Crippen LogP contribution in [0.2, 0.25) is 0 Å². The Kier molecular flexibility index (Phi) is 7.32. The number of nitrogens with zero attached hydrogens (tertiary/aromatic N) is 2. The standard InChI is InChI=1S/C32H44N2O4S/c1-36-27-8-12-31(13-9-27)17-26-7-6-23(5-4-22-2-3-22)16-28(26)32(31)29(35)34(18-24-10-14-37-19-24)30(33-32)39-21-25-11-15-38-20-25/h6-7,16,22,24-25,27H,2-5,8-15,17-21H2,1H3. The Hall–Kier alpha value is -1.41. The van der Waals surface area contributed by atoms with Crippen molar-refractivity contribution < 1.29 is 19.0 Å². The van der Waals surface area contributed by atoms with Crippen molar-refractivity contribution in [2.24, 2.45) is 28.2 Å². The van der Waals surface area contributed by atoms with E-state index in [1.54, 1.807) is 11.8 Å². The second-order valence-electron chi connectivity index (χ2n) is 13.2. The summed E-state index contributed by atoms with van der Waals surface area (Å²) in [5.41, 5.74) is 2.97. The van der Waals surface area contributed by atoms with E-state index in [2.05, 4.69) is 23.1 Å². The quantitative estimate of drug-likeness (QED) is 0.435. The van der Waals surface area contributed by atoms with Crippen LogP contribution in [-0.2, 0) is 37.4 Å². The van der Waals surface area contributed by atoms with E-state index < -0.39 is 5.54 Å². The van der Waals surface area contributed by atoms with E-state index in [0.29, 0.717) is 11.8 Å². The first-order chi connectivity index (χ1) is 19.1. The molecule has 1 aromatic rings. The minimum absolute atomic E-state index is 0.167. The van der Waals surface area contributed by atoms with E-state index in [1.165, 1.54) is 36.0 Å². The number of carbonyl (C=O) groups is 1. The van der Waals surface area contributed by atoms with Crippen LogP contribution in [0.25, 0.3) is 0 Å². The van der Waals surface area contributed by atoms with Crippen LogP contribution in [0.15, 0.2) is 23.2 Å². The van der Waals surface area contributed by atoms with E-state index in [4.69, 9.17) is 19.2 Å². The van der Waals surface area contributed by atoms with Crippen LogP contribution in [0.5, 0.6) is 0 Å². The Morgan fingerprint density at radius 3 is 2.49 bits per heavy atom. The molecule has 1 aromatic carbocycles. The maximum absolute atomic E-state index is 15.0. The third-order valence-electron chi connectivity index (χ3n) is 10.6. The summed E-state index contributed by atoms with van der Waals surface area (Å²) >= 11 is 1.80. The molecule has 3 heterocycles. The van der Waals surface area contributed by atoms with Crippen molar-refractivity contribution in [3.63, 3.8) is 0 Å². The maximum atomic E-state index is 15.0. The van der Waals surface area contributed by atoms with Crippen LogP contribution in [0, 0.1) is 23.2 Å². The lowest BCUT2D eigenvalue weighted by Gasteiger charge is -2.45. The van der Waals surface area contributed by atoms with Gasteiger partial charge in [-0.1, -0.05) is 42.8 Å². The van der Waals surface area contributed by atoms with Gasteiger partial charge < -0.3 is 14.2 Å². The van der Waals surface area contributed by atoms with Gasteiger partial charge in [0.2, 0.25) is 0 Å². The van der Waals surface area contributed by atoms with Gasteiger partial charge in [0.15, 0.2) is 10.7 Å². The van der Waals surface area contributed by atoms with Gasteiger partial charge in [-0.2, -0.15) is 0 Å². The zero-order valence-electron chi connectivity index (χ0n) is 23.5. The number of methoxy groups -OCH3 is 1. The summed E-state index contributed by atoms with van der Waals surface area (Å²) in [6.07, 6.45) is 12.5. The van der Waals surface area contributed by atoms with Gasteiger partial charge in [-0.25, -0.2) is 4.99 Å². The molecule has 1 amide bonds. The van der Waals surface area contributed by atoms with E-state index >= 15 is 0 Å². The summed E-state index contributed by atoms with van der Waals surface area (Å²) in [7, 11) is 1.83. The van der Waals surface area contributed by atoms with Gasteiger partial charge in [0.25, 0.3) is 5.91 Å². The molecule has 6 nitrogen and oxygen atoms in total. The molecule has 3 aliphatic carbocycles. The lowest BCUT2D eigenvalue weighted by molar-refractivity contribution is -0.138. The summed E-state index contributed by atoms with van der Waals surface area (Å²) < 4.78 is 17.2. The highest BCUT2D eigenvalue weighted by atomic mass is 32.2. The number of amidine groups is 1. The lowest BCUT2D eigenvalue weighted by atomic mass is 9.61. The van der Waals surface area contributed by atoms with Gasteiger partial charge in [-0.05, 0) is 86.3 Å². The number of rotatable bonds is 8. The fourth-order valence-electron chi connectivity index (χ4n) is 7.96. The first kappa shape index (κ1) is 26.5. The van der Waals surface area contributed by atoms with Crippen molar-refractivity contribution >= 4 is 22.8 Å². The Balaban J connectivity index is 1.27. The number of benzene rings is 1. The first-order valence-corrected chi connectivity index (χ1v) is 16.4. The third-order valence-corrected chi connectivity index (χ3v) is 11.8. The summed E-state index contributed by atoms with van der Waals surface area (Å²) in [5, 5.41) is 0.947. The van der Waals surface area contributed by atoms with Gasteiger partial charge in [-0.15, -0.1) is 0 Å². The van der Waals surface area contributed by atoms with Gasteiger partial charge in [0, 0.05) is 44.0 Å². The molecule has 7 rings (SSSR count). The molecule has 39 heavy (non-hydrogen) atoms. The molecular formula is C32H44N2O4S. The predicted molar refractivity (Wildman–Crippen MR) is 154 cm³/mol. The number of thioether (sulfide) groups is 1. The highest BCUT2D eigenvalue weighted by Crippen LogP contribution is 2.62. The Labute approximate surface area is 237 Å². The molecule has 0 bridgehead atoms. The normalized spacial score (nSPS) is 35.9. The smallest absolute Gasteiger partial charge is 0.261 e. The number of aryl methyl sites for hydroxylation is 1. The van der Waals surface area contributed by atoms with Crippen LogP contribution >= 0.6 is 11.8 Å². The topological polar surface area (TPSA) is 60.4 Å². The minimum Gasteiger partial charge on any atom is -0.381 e. The van der Waals surface area contributed by atoms with E-state index in [1.807, 2.05) is 7.11 Å². The largest absolute Gasteiger partial charge is 0.381 e. The summed E-state index contributed by atoms with van der Waals surface area (Å²) in [6.45, 7) is 3.94. The number of amides is 1. The van der Waals surface area contributed by atoms with Crippen molar-refractivity contribution in [1.82, 2.24) is 4.90 Å². The Morgan fingerprint density at radius 1 is 1.03 bits per heavy atom. The minimum atomic E-state index is -0.801. The lowest BCUT2D eigenvalue weighted by Crippen LogP contribution is -2.52. The molecule has 3 unspecified atom stereocenters. The molecule has 0 N–H and O–H groups in total. The summed E-state index contributed by atoms with van der Waals surface area (Å²) in [4.78, 5) is 22.7. The van der Waals surface area contributed by atoms with Gasteiger partial charge >= 0.3 is 0 Å². The molecule has 212 valence electrons. The summed E-state index contributed by atoms with van der Waals surface area (Å²) in [6, 6.07) is 7.07. The van der Waals surface area contributed by atoms with Gasteiger partial charge in [0.05, 0.1) is 19.3 Å². The highest BCUT2D eigenvalue weighted by molar-refractivity contribution is 8.13. The Morgan fingerprint density at radius 2 is 1.79 bits per heavy atom. The van der Waals surface area contributed by atoms with Crippen LogP contribution < -0.4 is 0 Å². The molecule has 2 spiro atoms. The van der Waals surface area contributed by atoms with E-state index in [-0.39, 0.29) is 17.4 Å². The number of hydrogen-bond acceptors (Lipinski definition) is 6. The average Bonchev–Trinajstić information content (AvgIpc) is 3.28. The zero-order chi connectivity index (χ0) is 26.5. The second kappa shape index (κ2) is 10.8. The molecule has 7 heteroatoms. The molecule has 3 atom stereocenters.